The van der Waals surface area contributed by atoms with Crippen LogP contribution in [0.3, 0.4) is 0 Å². The number of sulfonamides is 1. The summed E-state index contributed by atoms with van der Waals surface area (Å²) in [5.41, 5.74) is 1.60. The van der Waals surface area contributed by atoms with E-state index in [-0.39, 0.29) is 10.5 Å². The average Bonchev–Trinajstić information content (AvgIpc) is 2.42. The molecular weight excluding hydrogens is 312 g/mol. The topological polar surface area (TPSA) is 89.3 Å². The Morgan fingerprint density at radius 1 is 1.19 bits per heavy atom. The van der Waals surface area contributed by atoms with E-state index >= 15 is 0 Å². The molecule has 110 valence electrons. The summed E-state index contributed by atoms with van der Waals surface area (Å²) >= 11 is 5.88. The maximum absolute atomic E-state index is 12.2. The van der Waals surface area contributed by atoms with Crippen LogP contribution >= 0.6 is 11.6 Å². The van der Waals surface area contributed by atoms with Crippen LogP contribution in [0.2, 0.25) is 5.02 Å². The Kier molecular flexibility index (Phi) is 4.32. The van der Waals surface area contributed by atoms with E-state index in [9.17, 15) is 13.2 Å². The highest BCUT2D eigenvalue weighted by Crippen LogP contribution is 2.21. The van der Waals surface area contributed by atoms with E-state index in [1.54, 1.807) is 18.2 Å². The normalized spacial score (nSPS) is 11.2. The smallest absolute Gasteiger partial charge is 0.255 e. The van der Waals surface area contributed by atoms with E-state index in [1.807, 2.05) is 6.92 Å². The van der Waals surface area contributed by atoms with Crippen LogP contribution < -0.4 is 10.5 Å². The quantitative estimate of drug-likeness (QED) is 0.909. The minimum absolute atomic E-state index is 0.113. The molecule has 2 aromatic rings. The second kappa shape index (κ2) is 5.85. The third-order valence-corrected chi connectivity index (χ3v) is 4.02. The number of hydrogen-bond donors (Lipinski definition) is 2. The first-order valence-corrected chi connectivity index (χ1v) is 7.90. The fraction of sp³-hybridized carbons (Fsp3) is 0.0714. The molecule has 0 atom stereocenters. The lowest BCUT2D eigenvalue weighted by Gasteiger charge is -2.09. The van der Waals surface area contributed by atoms with Gasteiger partial charge in [0, 0.05) is 16.3 Å². The van der Waals surface area contributed by atoms with Crippen molar-refractivity contribution in [2.45, 2.75) is 11.8 Å². The maximum Gasteiger partial charge on any atom is 0.255 e. The predicted molar refractivity (Wildman–Crippen MR) is 82.0 cm³/mol. The number of carbonyl (C=O) groups excluding carboxylic acids is 1. The van der Waals surface area contributed by atoms with Crippen molar-refractivity contribution in [1.82, 2.24) is 0 Å². The molecule has 5 nitrogen and oxygen atoms in total. The summed E-state index contributed by atoms with van der Waals surface area (Å²) < 4.78 is 22.6. The molecule has 0 spiro atoms. The van der Waals surface area contributed by atoms with E-state index in [0.29, 0.717) is 10.7 Å². The predicted octanol–water partition coefficient (Wildman–Crippen LogP) is 2.55. The van der Waals surface area contributed by atoms with Gasteiger partial charge in [0.1, 0.15) is 0 Å². The Balaban J connectivity index is 2.31. The van der Waals surface area contributed by atoms with E-state index in [0.717, 1.165) is 5.56 Å². The number of amides is 1. The van der Waals surface area contributed by atoms with Gasteiger partial charge < -0.3 is 5.32 Å². The molecule has 0 saturated carbocycles. The summed E-state index contributed by atoms with van der Waals surface area (Å²) in [6.07, 6.45) is 0. The first-order chi connectivity index (χ1) is 9.77. The van der Waals surface area contributed by atoms with Gasteiger partial charge in [-0.15, -0.1) is 0 Å². The first-order valence-electron chi connectivity index (χ1n) is 5.98. The maximum atomic E-state index is 12.2. The van der Waals surface area contributed by atoms with Gasteiger partial charge in [0.2, 0.25) is 10.0 Å². The Labute approximate surface area is 127 Å². The fourth-order valence-corrected chi connectivity index (χ4v) is 2.47. The Morgan fingerprint density at radius 2 is 1.90 bits per heavy atom. The molecule has 0 radical (unpaired) electrons. The fourth-order valence-electron chi connectivity index (χ4n) is 1.74. The number of anilines is 1. The molecule has 7 heteroatoms. The summed E-state index contributed by atoms with van der Waals surface area (Å²) in [6.45, 7) is 1.83. The molecule has 0 unspecified atom stereocenters. The third-order valence-electron chi connectivity index (χ3n) is 2.87. The van der Waals surface area contributed by atoms with Gasteiger partial charge >= 0.3 is 0 Å². The van der Waals surface area contributed by atoms with Crippen LogP contribution in [-0.2, 0) is 10.0 Å². The molecule has 3 N–H and O–H groups in total. The SMILES string of the molecule is Cc1ccc(Cl)cc1NC(=O)c1cccc(S(N)(=O)=O)c1. The summed E-state index contributed by atoms with van der Waals surface area (Å²) in [5.74, 6) is -0.439. The molecule has 0 aliphatic carbocycles. The van der Waals surface area contributed by atoms with E-state index in [4.69, 9.17) is 16.7 Å². The Hall–Kier alpha value is -1.89. The zero-order chi connectivity index (χ0) is 15.6. The number of rotatable bonds is 3. The minimum Gasteiger partial charge on any atom is -0.322 e. The third kappa shape index (κ3) is 3.81. The van der Waals surface area contributed by atoms with Crippen molar-refractivity contribution in [2.24, 2.45) is 5.14 Å². The monoisotopic (exact) mass is 324 g/mol. The summed E-state index contributed by atoms with van der Waals surface area (Å²) in [4.78, 5) is 12.1. The van der Waals surface area contributed by atoms with Crippen LogP contribution in [0.1, 0.15) is 15.9 Å². The molecule has 2 rings (SSSR count). The number of aryl methyl sites for hydroxylation is 1. The molecule has 0 bridgehead atoms. The number of nitrogens with two attached hydrogens (primary N) is 1. The minimum atomic E-state index is -3.85. The first kappa shape index (κ1) is 15.5. The van der Waals surface area contributed by atoms with Gasteiger partial charge in [0.05, 0.1) is 4.90 Å². The molecule has 0 fully saturated rings. The number of primary sulfonamides is 1. The van der Waals surface area contributed by atoms with E-state index in [1.165, 1.54) is 24.3 Å². The van der Waals surface area contributed by atoms with Gasteiger partial charge in [-0.25, -0.2) is 13.6 Å². The number of hydrogen-bond acceptors (Lipinski definition) is 3. The second-order valence-corrected chi connectivity index (χ2v) is 6.48. The Bertz CT molecular complexity index is 804. The van der Waals surface area contributed by atoms with Crippen molar-refractivity contribution in [3.8, 4) is 0 Å². The van der Waals surface area contributed by atoms with Gasteiger partial charge in [-0.2, -0.15) is 0 Å². The Morgan fingerprint density at radius 3 is 2.57 bits per heavy atom. The van der Waals surface area contributed by atoms with E-state index in [2.05, 4.69) is 5.32 Å². The van der Waals surface area contributed by atoms with Crippen molar-refractivity contribution in [2.75, 3.05) is 5.32 Å². The average molecular weight is 325 g/mol. The number of nitrogens with one attached hydrogen (secondary N) is 1. The van der Waals surface area contributed by atoms with Crippen LogP contribution in [0.25, 0.3) is 0 Å². The summed E-state index contributed by atoms with van der Waals surface area (Å²) in [5, 5.41) is 8.23. The molecule has 0 aromatic heterocycles. The van der Waals surface area contributed by atoms with Gasteiger partial charge in [0.25, 0.3) is 5.91 Å². The second-order valence-electron chi connectivity index (χ2n) is 4.49. The van der Waals surface area contributed by atoms with Gasteiger partial charge in [0.15, 0.2) is 0 Å². The van der Waals surface area contributed by atoms with Crippen LogP contribution in [0.15, 0.2) is 47.4 Å². The highest BCUT2D eigenvalue weighted by Gasteiger charge is 2.13. The molecular formula is C14H13ClN2O3S. The van der Waals surface area contributed by atoms with Crippen molar-refractivity contribution >= 4 is 33.2 Å². The van der Waals surface area contributed by atoms with Gasteiger partial charge in [-0.3, -0.25) is 4.79 Å². The number of benzene rings is 2. The molecule has 0 aliphatic rings. The summed E-state index contributed by atoms with van der Waals surface area (Å²) in [6, 6.07) is 10.6. The van der Waals surface area contributed by atoms with Gasteiger partial charge in [-0.05, 0) is 42.8 Å². The number of halogens is 1. The zero-order valence-corrected chi connectivity index (χ0v) is 12.7. The van der Waals surface area contributed by atoms with Crippen LogP contribution in [0.4, 0.5) is 5.69 Å². The van der Waals surface area contributed by atoms with Crippen LogP contribution in [0.5, 0.6) is 0 Å². The summed E-state index contributed by atoms with van der Waals surface area (Å²) in [7, 11) is -3.85. The molecule has 21 heavy (non-hydrogen) atoms. The van der Waals surface area contributed by atoms with Crippen LogP contribution in [0, 0.1) is 6.92 Å². The molecule has 0 heterocycles. The van der Waals surface area contributed by atoms with Gasteiger partial charge in [-0.1, -0.05) is 23.7 Å². The van der Waals surface area contributed by atoms with Crippen molar-refractivity contribution in [3.63, 3.8) is 0 Å². The molecule has 1 amide bonds. The highest BCUT2D eigenvalue weighted by molar-refractivity contribution is 7.89. The largest absolute Gasteiger partial charge is 0.322 e. The van der Waals surface area contributed by atoms with E-state index < -0.39 is 15.9 Å². The molecule has 0 aliphatic heterocycles. The number of carbonyl (C=O) groups is 1. The van der Waals surface area contributed by atoms with Crippen LogP contribution in [-0.4, -0.2) is 14.3 Å². The van der Waals surface area contributed by atoms with Crippen molar-refractivity contribution in [1.29, 1.82) is 0 Å². The molecule has 0 saturated heterocycles. The van der Waals surface area contributed by atoms with Crippen molar-refractivity contribution in [3.05, 3.63) is 58.6 Å². The lowest BCUT2D eigenvalue weighted by atomic mass is 10.1. The lowest BCUT2D eigenvalue weighted by Crippen LogP contribution is -2.16. The van der Waals surface area contributed by atoms with Crippen molar-refractivity contribution < 1.29 is 13.2 Å². The highest BCUT2D eigenvalue weighted by atomic mass is 35.5. The standard InChI is InChI=1S/C14H13ClN2O3S/c1-9-5-6-11(15)8-13(9)17-14(18)10-3-2-4-12(7-10)21(16,19)20/h2-8H,1H3,(H,17,18)(H2,16,19,20). The zero-order valence-electron chi connectivity index (χ0n) is 11.1. The lowest BCUT2D eigenvalue weighted by molar-refractivity contribution is 0.102. The molecule has 2 aromatic carbocycles.